The summed E-state index contributed by atoms with van der Waals surface area (Å²) in [5.74, 6) is 0.208. The van der Waals surface area contributed by atoms with E-state index in [1.807, 2.05) is 24.4 Å². The zero-order valence-electron chi connectivity index (χ0n) is 15.4. The molecule has 0 radical (unpaired) electrons. The minimum absolute atomic E-state index is 0.116. The van der Waals surface area contributed by atoms with Gasteiger partial charge in [0.2, 0.25) is 12.7 Å². The Balaban J connectivity index is 1.48. The molecule has 0 spiro atoms. The van der Waals surface area contributed by atoms with Gasteiger partial charge in [-0.3, -0.25) is 14.5 Å². The second-order valence-corrected chi connectivity index (χ2v) is 7.80. The number of ether oxygens (including phenoxy) is 2. The number of imide groups is 1. The summed E-state index contributed by atoms with van der Waals surface area (Å²) in [6, 6.07) is 8.08. The zero-order chi connectivity index (χ0) is 19.9. The number of hydrogen-bond donors (Lipinski definition) is 2. The van der Waals surface area contributed by atoms with Gasteiger partial charge in [-0.05, 0) is 43.0 Å². The van der Waals surface area contributed by atoms with E-state index in [9.17, 15) is 14.4 Å². The van der Waals surface area contributed by atoms with Crippen LogP contribution in [0.3, 0.4) is 0 Å². The van der Waals surface area contributed by atoms with E-state index in [0.29, 0.717) is 17.1 Å². The lowest BCUT2D eigenvalue weighted by Crippen LogP contribution is -2.43. The molecule has 2 aliphatic heterocycles. The Morgan fingerprint density at radius 2 is 2.11 bits per heavy atom. The van der Waals surface area contributed by atoms with Gasteiger partial charge in [0.1, 0.15) is 12.1 Å². The summed E-state index contributed by atoms with van der Waals surface area (Å²) in [4.78, 5) is 39.7. The molecule has 3 heterocycles. The van der Waals surface area contributed by atoms with Crippen molar-refractivity contribution in [3.63, 3.8) is 0 Å². The van der Waals surface area contributed by atoms with Gasteiger partial charge >= 0.3 is 6.03 Å². The van der Waals surface area contributed by atoms with Gasteiger partial charge in [-0.1, -0.05) is 12.1 Å². The Hall–Kier alpha value is -3.07. The molecule has 28 heavy (non-hydrogen) atoms. The fraction of sp³-hybridized carbons (Fsp3) is 0.316. The van der Waals surface area contributed by atoms with Crippen molar-refractivity contribution < 1.29 is 23.9 Å². The van der Waals surface area contributed by atoms with Crippen LogP contribution >= 0.6 is 11.3 Å². The van der Waals surface area contributed by atoms with E-state index < -0.39 is 23.4 Å². The number of carbonyl (C=O) groups is 3. The summed E-state index contributed by atoms with van der Waals surface area (Å²) in [5.41, 5.74) is -0.720. The van der Waals surface area contributed by atoms with Gasteiger partial charge < -0.3 is 20.1 Å². The maximum absolute atomic E-state index is 13.0. The summed E-state index contributed by atoms with van der Waals surface area (Å²) >= 11 is 1.53. The first kappa shape index (κ1) is 18.3. The van der Waals surface area contributed by atoms with Crippen molar-refractivity contribution in [2.75, 3.05) is 13.3 Å². The number of hydrogen-bond acceptors (Lipinski definition) is 6. The van der Waals surface area contributed by atoms with Gasteiger partial charge in [0, 0.05) is 4.88 Å². The van der Waals surface area contributed by atoms with Gasteiger partial charge in [-0.25, -0.2) is 4.79 Å². The summed E-state index contributed by atoms with van der Waals surface area (Å²) in [5, 5.41) is 7.42. The number of fused-ring (bicyclic) bond motifs is 1. The molecule has 1 saturated heterocycles. The summed E-state index contributed by atoms with van der Waals surface area (Å²) in [7, 11) is 0. The van der Waals surface area contributed by atoms with Crippen LogP contribution in [0.15, 0.2) is 35.7 Å². The van der Waals surface area contributed by atoms with Crippen molar-refractivity contribution in [2.45, 2.75) is 25.4 Å². The number of nitrogens with zero attached hydrogens (tertiary/aromatic N) is 1. The van der Waals surface area contributed by atoms with Crippen LogP contribution in [0.25, 0.3) is 0 Å². The molecule has 4 rings (SSSR count). The molecular formula is C19H19N3O5S. The van der Waals surface area contributed by atoms with E-state index in [2.05, 4.69) is 10.6 Å². The highest BCUT2D eigenvalue weighted by atomic mass is 32.1. The lowest BCUT2D eigenvalue weighted by atomic mass is 9.91. The minimum Gasteiger partial charge on any atom is -0.454 e. The van der Waals surface area contributed by atoms with Crippen LogP contribution in [0.1, 0.15) is 30.3 Å². The predicted molar refractivity (Wildman–Crippen MR) is 101 cm³/mol. The summed E-state index contributed by atoms with van der Waals surface area (Å²) in [6.07, 6.45) is 0. The van der Waals surface area contributed by atoms with Crippen LogP contribution in [0.5, 0.6) is 11.5 Å². The van der Waals surface area contributed by atoms with Gasteiger partial charge in [-0.15, -0.1) is 11.3 Å². The molecule has 0 unspecified atom stereocenters. The minimum atomic E-state index is -1.28. The molecule has 1 aromatic heterocycles. The molecule has 8 nitrogen and oxygen atoms in total. The molecule has 0 aliphatic carbocycles. The Kier molecular flexibility index (Phi) is 4.46. The summed E-state index contributed by atoms with van der Waals surface area (Å²) < 4.78 is 10.6. The van der Waals surface area contributed by atoms with Crippen molar-refractivity contribution in [1.82, 2.24) is 15.5 Å². The smallest absolute Gasteiger partial charge is 0.325 e. The van der Waals surface area contributed by atoms with E-state index in [0.717, 1.165) is 9.78 Å². The molecule has 0 saturated carbocycles. The average molecular weight is 401 g/mol. The number of carbonyl (C=O) groups excluding carboxylic acids is 3. The molecule has 2 aliphatic rings. The monoisotopic (exact) mass is 401 g/mol. The molecule has 0 bridgehead atoms. The Morgan fingerprint density at radius 1 is 1.32 bits per heavy atom. The zero-order valence-corrected chi connectivity index (χ0v) is 16.2. The first-order valence-electron chi connectivity index (χ1n) is 8.75. The SMILES string of the molecule is C[C@@H](NC(=O)CN1C(=O)N[C@@](C)(c2ccc3c(c2)OCO3)C1=O)c1cccs1. The highest BCUT2D eigenvalue weighted by Crippen LogP contribution is 2.37. The van der Waals surface area contributed by atoms with Crippen LogP contribution in [0, 0.1) is 0 Å². The maximum atomic E-state index is 13.0. The third-order valence-electron chi connectivity index (χ3n) is 4.87. The number of amides is 4. The first-order chi connectivity index (χ1) is 13.4. The number of nitrogens with one attached hydrogen (secondary N) is 2. The highest BCUT2D eigenvalue weighted by molar-refractivity contribution is 7.10. The molecule has 1 aromatic carbocycles. The topological polar surface area (TPSA) is 97.0 Å². The fourth-order valence-corrected chi connectivity index (χ4v) is 4.02. The van der Waals surface area contributed by atoms with Crippen LogP contribution < -0.4 is 20.1 Å². The molecule has 2 N–H and O–H groups in total. The Bertz CT molecular complexity index is 945. The lowest BCUT2D eigenvalue weighted by Gasteiger charge is -2.22. The second-order valence-electron chi connectivity index (χ2n) is 6.82. The quantitative estimate of drug-likeness (QED) is 0.748. The maximum Gasteiger partial charge on any atom is 0.325 e. The van der Waals surface area contributed by atoms with Crippen molar-refractivity contribution in [1.29, 1.82) is 0 Å². The fourth-order valence-electron chi connectivity index (χ4n) is 3.28. The van der Waals surface area contributed by atoms with Crippen molar-refractivity contribution in [3.05, 3.63) is 46.2 Å². The standard InChI is InChI=1S/C19H19N3O5S/c1-11(15-4-3-7-28-15)20-16(23)9-22-17(24)19(2,21-18(22)25)12-5-6-13-14(8-12)27-10-26-13/h3-8,11H,9-10H2,1-2H3,(H,20,23)(H,21,25)/t11-,19+/m1/s1. The largest absolute Gasteiger partial charge is 0.454 e. The average Bonchev–Trinajstić information content (AvgIpc) is 3.39. The Morgan fingerprint density at radius 3 is 2.86 bits per heavy atom. The van der Waals surface area contributed by atoms with Crippen molar-refractivity contribution in [3.8, 4) is 11.5 Å². The van der Waals surface area contributed by atoms with Crippen LogP contribution in [-0.2, 0) is 15.1 Å². The first-order valence-corrected chi connectivity index (χ1v) is 9.63. The second kappa shape index (κ2) is 6.83. The van der Waals surface area contributed by atoms with Crippen molar-refractivity contribution >= 4 is 29.2 Å². The molecule has 4 amide bonds. The lowest BCUT2D eigenvalue weighted by molar-refractivity contribution is -0.135. The van der Waals surface area contributed by atoms with Crippen LogP contribution in [0.2, 0.25) is 0 Å². The number of rotatable bonds is 5. The van der Waals surface area contributed by atoms with Gasteiger partial charge in [0.15, 0.2) is 11.5 Å². The van der Waals surface area contributed by atoms with E-state index in [1.54, 1.807) is 25.1 Å². The Labute approximate surface area is 165 Å². The van der Waals surface area contributed by atoms with Crippen LogP contribution in [-0.4, -0.2) is 36.1 Å². The van der Waals surface area contributed by atoms with Gasteiger partial charge in [0.25, 0.3) is 5.91 Å². The van der Waals surface area contributed by atoms with Gasteiger partial charge in [0.05, 0.1) is 6.04 Å². The third kappa shape index (κ3) is 3.07. The van der Waals surface area contributed by atoms with E-state index in [4.69, 9.17) is 9.47 Å². The summed E-state index contributed by atoms with van der Waals surface area (Å²) in [6.45, 7) is 3.23. The van der Waals surface area contributed by atoms with E-state index >= 15 is 0 Å². The number of urea groups is 1. The van der Waals surface area contributed by atoms with Crippen molar-refractivity contribution in [2.24, 2.45) is 0 Å². The molecule has 146 valence electrons. The van der Waals surface area contributed by atoms with E-state index in [-0.39, 0.29) is 19.4 Å². The van der Waals surface area contributed by atoms with E-state index in [1.165, 1.54) is 11.3 Å². The predicted octanol–water partition coefficient (Wildman–Crippen LogP) is 2.12. The number of benzene rings is 1. The highest BCUT2D eigenvalue weighted by Gasteiger charge is 2.49. The molecule has 1 fully saturated rings. The molecule has 9 heteroatoms. The van der Waals surface area contributed by atoms with Crippen LogP contribution in [0.4, 0.5) is 4.79 Å². The molecule has 2 atom stereocenters. The van der Waals surface area contributed by atoms with Gasteiger partial charge in [-0.2, -0.15) is 0 Å². The third-order valence-corrected chi connectivity index (χ3v) is 5.93. The normalized spacial score (nSPS) is 21.6. The molecule has 2 aromatic rings. The number of thiophene rings is 1. The molecular weight excluding hydrogens is 382 g/mol.